The molecule has 0 spiro atoms. The first-order valence-electron chi connectivity index (χ1n) is 5.86. The van der Waals surface area contributed by atoms with Gasteiger partial charge in [0.15, 0.2) is 4.90 Å². The molecule has 0 aliphatic carbocycles. The van der Waals surface area contributed by atoms with E-state index in [1.54, 1.807) is 6.07 Å². The Balaban J connectivity index is 2.60. The number of hydrogen-bond donors (Lipinski definition) is 0. The van der Waals surface area contributed by atoms with Crippen molar-refractivity contribution in [3.8, 4) is 5.75 Å². The summed E-state index contributed by atoms with van der Waals surface area (Å²) in [5, 5.41) is 11.0. The quantitative estimate of drug-likeness (QED) is 0.448. The van der Waals surface area contributed by atoms with Crippen molar-refractivity contribution in [1.82, 2.24) is 0 Å². The molecule has 11 heteroatoms. The number of nitrogens with zero attached hydrogens (tertiary/aromatic N) is 1. The molecule has 23 heavy (non-hydrogen) atoms. The van der Waals surface area contributed by atoms with E-state index in [2.05, 4.69) is 4.18 Å². The molecular weight excluding hydrogens is 350 g/mol. The first kappa shape index (κ1) is 16.9. The molecule has 0 unspecified atom stereocenters. The molecule has 0 atom stereocenters. The molecule has 0 aliphatic rings. The molecule has 0 heterocycles. The van der Waals surface area contributed by atoms with Crippen LogP contribution in [0.3, 0.4) is 0 Å². The summed E-state index contributed by atoms with van der Waals surface area (Å²) >= 11 is 0. The van der Waals surface area contributed by atoms with Crippen molar-refractivity contribution in [3.63, 3.8) is 0 Å². The summed E-state index contributed by atoms with van der Waals surface area (Å²) in [5.74, 6) is -0.865. The Kier molecular flexibility index (Phi) is 4.36. The molecule has 121 valence electrons. The SMILES string of the molecule is [O]S(=O)(=O)c1cccc(OS(=O)(=O)c2ccccc2)c1[N+](=O)[O-]. The van der Waals surface area contributed by atoms with Crippen LogP contribution in [0.1, 0.15) is 0 Å². The Morgan fingerprint density at radius 1 is 0.913 bits per heavy atom. The van der Waals surface area contributed by atoms with Gasteiger partial charge in [-0.15, -0.1) is 0 Å². The standard InChI is InChI=1S/C12H8NO8S2/c14-13(15)12-10(7-4-8-11(12)22(16,17)18)21-23(19,20)9-5-2-1-3-6-9/h1-8H. The summed E-state index contributed by atoms with van der Waals surface area (Å²) in [5.41, 5.74) is -1.23. The van der Waals surface area contributed by atoms with Crippen LogP contribution in [0.2, 0.25) is 0 Å². The van der Waals surface area contributed by atoms with Gasteiger partial charge in [-0.3, -0.25) is 10.1 Å². The first-order valence-corrected chi connectivity index (χ1v) is 8.67. The third kappa shape index (κ3) is 3.64. The summed E-state index contributed by atoms with van der Waals surface area (Å²) in [6.45, 7) is 0. The molecular formula is C12H8NO8S2. The molecule has 0 fully saturated rings. The van der Waals surface area contributed by atoms with Crippen LogP contribution in [0.5, 0.6) is 5.75 Å². The maximum atomic E-state index is 12.1. The third-order valence-electron chi connectivity index (χ3n) is 2.65. The topological polar surface area (TPSA) is 141 Å². The molecule has 0 aromatic heterocycles. The highest BCUT2D eigenvalue weighted by molar-refractivity contribution is 7.87. The zero-order chi connectivity index (χ0) is 17.3. The third-order valence-corrected chi connectivity index (χ3v) is 4.76. The van der Waals surface area contributed by atoms with Crippen LogP contribution >= 0.6 is 0 Å². The maximum absolute atomic E-state index is 12.1. The van der Waals surface area contributed by atoms with Gasteiger partial charge in [0.25, 0.3) is 0 Å². The van der Waals surface area contributed by atoms with E-state index in [9.17, 15) is 31.5 Å². The lowest BCUT2D eigenvalue weighted by Gasteiger charge is -2.08. The van der Waals surface area contributed by atoms with Crippen molar-refractivity contribution in [2.24, 2.45) is 0 Å². The molecule has 2 rings (SSSR count). The Morgan fingerprint density at radius 3 is 2.04 bits per heavy atom. The second-order valence-electron chi connectivity index (χ2n) is 4.16. The van der Waals surface area contributed by atoms with Crippen LogP contribution in [0.15, 0.2) is 58.3 Å². The van der Waals surface area contributed by atoms with E-state index in [4.69, 9.17) is 0 Å². The summed E-state index contributed by atoms with van der Waals surface area (Å²) in [6.07, 6.45) is 0. The van der Waals surface area contributed by atoms with Gasteiger partial charge in [-0.2, -0.15) is 16.8 Å². The normalized spacial score (nSPS) is 11.9. The van der Waals surface area contributed by atoms with Crippen LogP contribution in [0.4, 0.5) is 5.69 Å². The van der Waals surface area contributed by atoms with Gasteiger partial charge >= 0.3 is 25.9 Å². The van der Waals surface area contributed by atoms with Gasteiger partial charge in [-0.05, 0) is 24.3 Å². The maximum Gasteiger partial charge on any atom is 0.339 e. The first-order chi connectivity index (χ1) is 10.6. The fourth-order valence-corrected chi connectivity index (χ4v) is 3.32. The van der Waals surface area contributed by atoms with Crippen molar-refractivity contribution in [2.75, 3.05) is 0 Å². The number of nitro groups is 1. The van der Waals surface area contributed by atoms with Gasteiger partial charge in [0.2, 0.25) is 5.75 Å². The van der Waals surface area contributed by atoms with Crippen LogP contribution in [0, 0.1) is 10.1 Å². The Morgan fingerprint density at radius 2 is 1.52 bits per heavy atom. The largest absolute Gasteiger partial charge is 0.372 e. The molecule has 0 aliphatic heterocycles. The number of hydrogen-bond acceptors (Lipinski definition) is 7. The number of rotatable bonds is 5. The fourth-order valence-electron chi connectivity index (χ4n) is 1.70. The van der Waals surface area contributed by atoms with Crippen molar-refractivity contribution >= 4 is 25.9 Å². The molecule has 0 saturated heterocycles. The Bertz CT molecular complexity index is 952. The van der Waals surface area contributed by atoms with Crippen molar-refractivity contribution in [2.45, 2.75) is 9.79 Å². The van der Waals surface area contributed by atoms with Gasteiger partial charge in [0, 0.05) is 0 Å². The van der Waals surface area contributed by atoms with E-state index in [1.165, 1.54) is 24.3 Å². The zero-order valence-corrected chi connectivity index (χ0v) is 12.8. The minimum Gasteiger partial charge on any atom is -0.372 e. The molecule has 0 saturated carbocycles. The number of para-hydroxylation sites is 1. The monoisotopic (exact) mass is 358 g/mol. The second kappa shape index (κ2) is 5.95. The van der Waals surface area contributed by atoms with Crippen LogP contribution in [-0.2, 0) is 24.8 Å². The second-order valence-corrected chi connectivity index (χ2v) is 7.06. The van der Waals surface area contributed by atoms with Gasteiger partial charge in [0.05, 0.1) is 4.92 Å². The summed E-state index contributed by atoms with van der Waals surface area (Å²) < 4.78 is 62.0. The number of nitro benzene ring substituents is 1. The molecule has 0 amide bonds. The predicted octanol–water partition coefficient (Wildman–Crippen LogP) is 1.48. The fraction of sp³-hybridized carbons (Fsp3) is 0. The summed E-state index contributed by atoms with van der Waals surface area (Å²) in [4.78, 5) is 8.38. The van der Waals surface area contributed by atoms with Crippen molar-refractivity contribution < 1.29 is 30.5 Å². The van der Waals surface area contributed by atoms with E-state index < -0.39 is 41.5 Å². The minimum atomic E-state index is -5.19. The van der Waals surface area contributed by atoms with Gasteiger partial charge in [-0.1, -0.05) is 28.8 Å². The smallest absolute Gasteiger partial charge is 0.339 e. The van der Waals surface area contributed by atoms with Crippen LogP contribution < -0.4 is 4.18 Å². The van der Waals surface area contributed by atoms with Gasteiger partial charge in [0.1, 0.15) is 4.90 Å². The Labute approximate surface area is 131 Å². The van der Waals surface area contributed by atoms with E-state index in [1.807, 2.05) is 0 Å². The van der Waals surface area contributed by atoms with E-state index >= 15 is 0 Å². The van der Waals surface area contributed by atoms with Gasteiger partial charge in [-0.25, -0.2) is 0 Å². The average Bonchev–Trinajstić information content (AvgIpc) is 2.46. The molecule has 1 radical (unpaired) electrons. The van der Waals surface area contributed by atoms with Crippen LogP contribution in [0.25, 0.3) is 0 Å². The van der Waals surface area contributed by atoms with E-state index in [0.29, 0.717) is 6.07 Å². The summed E-state index contributed by atoms with van der Waals surface area (Å²) in [7, 11) is -9.62. The Hall–Kier alpha value is -2.50. The van der Waals surface area contributed by atoms with Crippen molar-refractivity contribution in [3.05, 3.63) is 58.6 Å². The summed E-state index contributed by atoms with van der Waals surface area (Å²) in [6, 6.07) is 9.28. The average molecular weight is 358 g/mol. The highest BCUT2D eigenvalue weighted by Gasteiger charge is 2.32. The highest BCUT2D eigenvalue weighted by atomic mass is 32.2. The van der Waals surface area contributed by atoms with Crippen molar-refractivity contribution in [1.29, 1.82) is 0 Å². The lowest BCUT2D eigenvalue weighted by Crippen LogP contribution is -2.12. The zero-order valence-electron chi connectivity index (χ0n) is 11.1. The van der Waals surface area contributed by atoms with Crippen LogP contribution in [-0.4, -0.2) is 21.8 Å². The van der Waals surface area contributed by atoms with Gasteiger partial charge < -0.3 is 4.18 Å². The predicted molar refractivity (Wildman–Crippen MR) is 75.2 cm³/mol. The highest BCUT2D eigenvalue weighted by Crippen LogP contribution is 2.35. The molecule has 0 N–H and O–H groups in total. The van der Waals surface area contributed by atoms with E-state index in [-0.39, 0.29) is 4.90 Å². The molecule has 0 bridgehead atoms. The van der Waals surface area contributed by atoms with E-state index in [0.717, 1.165) is 12.1 Å². The lowest BCUT2D eigenvalue weighted by molar-refractivity contribution is -0.388. The molecule has 9 nitrogen and oxygen atoms in total. The minimum absolute atomic E-state index is 0.287. The number of benzene rings is 2. The molecule has 2 aromatic rings. The molecule has 2 aromatic carbocycles. The lowest BCUT2D eigenvalue weighted by atomic mass is 10.3.